The van der Waals surface area contributed by atoms with Crippen LogP contribution >= 0.6 is 0 Å². The van der Waals surface area contributed by atoms with E-state index in [4.69, 9.17) is 14.2 Å². The van der Waals surface area contributed by atoms with Crippen LogP contribution in [0.4, 0.5) is 0 Å². The third kappa shape index (κ3) is 17.0. The van der Waals surface area contributed by atoms with E-state index < -0.39 is 29.6 Å². The van der Waals surface area contributed by atoms with Gasteiger partial charge in [0.05, 0.1) is 36.5 Å². The van der Waals surface area contributed by atoms with E-state index in [9.17, 15) is 14.4 Å². The van der Waals surface area contributed by atoms with Gasteiger partial charge in [-0.15, -0.1) is 15.3 Å². The van der Waals surface area contributed by atoms with Gasteiger partial charge >= 0.3 is 0 Å². The molecule has 0 aromatic heterocycles. The summed E-state index contributed by atoms with van der Waals surface area (Å²) >= 11 is 0. The van der Waals surface area contributed by atoms with Gasteiger partial charge in [0.15, 0.2) is 5.29 Å². The van der Waals surface area contributed by atoms with Crippen molar-refractivity contribution in [2.24, 2.45) is 48.4 Å². The summed E-state index contributed by atoms with van der Waals surface area (Å²) in [6.45, 7) is 13.8. The fourth-order valence-electron chi connectivity index (χ4n) is 6.32. The number of rotatable bonds is 28. The van der Waals surface area contributed by atoms with Crippen molar-refractivity contribution in [3.05, 3.63) is 89.5 Å². The average Bonchev–Trinajstić information content (AvgIpc) is 3.28. The summed E-state index contributed by atoms with van der Waals surface area (Å²) in [6, 6.07) is 20.5. The lowest BCUT2D eigenvalue weighted by atomic mass is 10.0. The lowest BCUT2D eigenvalue weighted by Gasteiger charge is -2.17. The van der Waals surface area contributed by atoms with Gasteiger partial charge in [0.25, 0.3) is 17.7 Å². The highest BCUT2D eigenvalue weighted by Gasteiger charge is 2.27. The molecule has 0 bridgehead atoms. The summed E-state index contributed by atoms with van der Waals surface area (Å²) in [5, 5.41) is 22.5. The van der Waals surface area contributed by atoms with E-state index in [1.165, 1.54) is 0 Å². The van der Waals surface area contributed by atoms with Gasteiger partial charge in [0.2, 0.25) is 0 Å². The van der Waals surface area contributed by atoms with Crippen LogP contribution in [0.15, 0.2) is 103 Å². The number of azo groups is 3. The molecular formula is C47H65N6O6Si. The van der Waals surface area contributed by atoms with E-state index in [0.717, 1.165) is 77.0 Å². The first-order valence-electron chi connectivity index (χ1n) is 21.9. The SMILES string of the molecule is CCCCC(CC)COc1ccccc1C(=O)N=NCC([Si])(N=NC(=O)c1ccccc1OCC(CC)CCCC)N=NC(=O)c1ccccc1OCC(CC)CCCC. The second kappa shape index (κ2) is 27.8. The normalized spacial score (nSPS) is 14.2. The molecule has 13 heteroatoms. The van der Waals surface area contributed by atoms with Gasteiger partial charge in [-0.2, -0.15) is 15.3 Å². The topological polar surface area (TPSA) is 153 Å². The lowest BCUT2D eigenvalue weighted by Crippen LogP contribution is -2.28. The standard InChI is InChI=1S/C47H65N6O6Si/c1-7-13-22-35(10-4)31-57-41-28-19-16-25-38(41)44(54)49-48-34-47(60,52-50-45(55)39-26-17-20-29-42(39)58-32-36(11-5)23-14-8-2)53-51-46(56)40-27-18-21-30-43(40)59-33-37(12-6)24-15-9-3/h16-21,25-30,35-37H,7-15,22-24,31-34H2,1-6H3. The second-order valence-corrected chi connectivity index (χ2v) is 16.0. The molecule has 0 heterocycles. The molecule has 3 atom stereocenters. The van der Waals surface area contributed by atoms with Crippen LogP contribution in [-0.4, -0.2) is 59.6 Å². The Morgan fingerprint density at radius 2 is 0.833 bits per heavy atom. The largest absolute Gasteiger partial charge is 0.492 e. The molecule has 0 saturated carbocycles. The van der Waals surface area contributed by atoms with Crippen molar-refractivity contribution in [2.75, 3.05) is 26.4 Å². The number of benzene rings is 3. The number of nitrogens with zero attached hydrogens (tertiary/aromatic N) is 6. The van der Waals surface area contributed by atoms with Crippen molar-refractivity contribution in [1.82, 2.24) is 0 Å². The highest BCUT2D eigenvalue weighted by Crippen LogP contribution is 2.26. The highest BCUT2D eigenvalue weighted by molar-refractivity contribution is 6.15. The molecule has 323 valence electrons. The fourth-order valence-corrected chi connectivity index (χ4v) is 6.49. The van der Waals surface area contributed by atoms with Crippen LogP contribution in [0.3, 0.4) is 0 Å². The minimum absolute atomic E-state index is 0.206. The Bertz CT molecular complexity index is 1770. The number of hydrogen-bond donors (Lipinski definition) is 0. The van der Waals surface area contributed by atoms with Gasteiger partial charge in [0, 0.05) is 0 Å². The number of para-hydroxylation sites is 3. The van der Waals surface area contributed by atoms with Crippen LogP contribution in [0.25, 0.3) is 0 Å². The van der Waals surface area contributed by atoms with Crippen molar-refractivity contribution in [2.45, 2.75) is 124 Å². The smallest absolute Gasteiger partial charge is 0.298 e. The van der Waals surface area contributed by atoms with Crippen molar-refractivity contribution >= 4 is 28.0 Å². The summed E-state index contributed by atoms with van der Waals surface area (Å²) in [6.07, 6.45) is 12.6. The number of carbonyl (C=O) groups excluding carboxylic acids is 3. The van der Waals surface area contributed by atoms with E-state index in [1.54, 1.807) is 72.8 Å². The summed E-state index contributed by atoms with van der Waals surface area (Å²) in [5.74, 6) is 0.171. The summed E-state index contributed by atoms with van der Waals surface area (Å²) in [7, 11) is 3.47. The van der Waals surface area contributed by atoms with Gasteiger partial charge in [-0.1, -0.05) is 136 Å². The molecule has 0 aliphatic carbocycles. The minimum Gasteiger partial charge on any atom is -0.492 e. The Hall–Kier alpha value is -4.91. The molecule has 0 saturated heterocycles. The van der Waals surface area contributed by atoms with E-state index in [-0.39, 0.29) is 16.7 Å². The Labute approximate surface area is 360 Å². The maximum atomic E-state index is 13.6. The monoisotopic (exact) mass is 837 g/mol. The first kappa shape index (κ1) is 49.4. The van der Waals surface area contributed by atoms with Crippen molar-refractivity contribution in [3.63, 3.8) is 0 Å². The highest BCUT2D eigenvalue weighted by atomic mass is 28.1. The fraction of sp³-hybridized carbons (Fsp3) is 0.553. The molecule has 3 unspecified atom stereocenters. The lowest BCUT2D eigenvalue weighted by molar-refractivity contribution is 0.0972. The number of ether oxygens (including phenoxy) is 3. The second-order valence-electron chi connectivity index (χ2n) is 15.2. The molecule has 12 nitrogen and oxygen atoms in total. The van der Waals surface area contributed by atoms with Crippen LogP contribution in [0.5, 0.6) is 17.2 Å². The number of hydrogen-bond acceptors (Lipinski definition) is 9. The number of carbonyl (C=O) groups is 3. The zero-order valence-electron chi connectivity index (χ0n) is 36.6. The zero-order valence-corrected chi connectivity index (χ0v) is 37.6. The zero-order chi connectivity index (χ0) is 43.6. The Kier molecular flexibility index (Phi) is 22.9. The summed E-state index contributed by atoms with van der Waals surface area (Å²) < 4.78 is 18.3. The van der Waals surface area contributed by atoms with Gasteiger partial charge in [-0.25, -0.2) is 0 Å². The molecule has 0 N–H and O–H groups in total. The summed E-state index contributed by atoms with van der Waals surface area (Å²) in [5.41, 5.74) is 0.655. The van der Waals surface area contributed by atoms with Gasteiger partial charge < -0.3 is 14.2 Å². The third-order valence-electron chi connectivity index (χ3n) is 10.5. The van der Waals surface area contributed by atoms with Gasteiger partial charge in [-0.05, 0) is 73.4 Å². The van der Waals surface area contributed by atoms with E-state index in [0.29, 0.717) is 54.8 Å². The predicted octanol–water partition coefficient (Wildman–Crippen LogP) is 12.5. The van der Waals surface area contributed by atoms with Gasteiger partial charge in [0.1, 0.15) is 34.0 Å². The quantitative estimate of drug-likeness (QED) is 0.0524. The maximum Gasteiger partial charge on any atom is 0.298 e. The molecule has 3 aromatic carbocycles. The molecule has 0 aliphatic heterocycles. The molecule has 3 amide bonds. The molecule has 60 heavy (non-hydrogen) atoms. The molecule has 3 radical (unpaired) electrons. The minimum atomic E-state index is -1.90. The molecule has 0 spiro atoms. The Balaban J connectivity index is 1.90. The van der Waals surface area contributed by atoms with Crippen LogP contribution in [-0.2, 0) is 0 Å². The first-order valence-corrected chi connectivity index (χ1v) is 22.4. The van der Waals surface area contributed by atoms with Crippen LogP contribution in [0.2, 0.25) is 0 Å². The van der Waals surface area contributed by atoms with E-state index in [2.05, 4.69) is 82.5 Å². The van der Waals surface area contributed by atoms with Crippen molar-refractivity contribution in [3.8, 4) is 17.2 Å². The Morgan fingerprint density at radius 3 is 1.15 bits per heavy atom. The predicted molar refractivity (Wildman–Crippen MR) is 237 cm³/mol. The van der Waals surface area contributed by atoms with E-state index in [1.807, 2.05) is 0 Å². The van der Waals surface area contributed by atoms with E-state index >= 15 is 0 Å². The van der Waals surface area contributed by atoms with Crippen LogP contribution < -0.4 is 14.2 Å². The molecule has 3 aromatic rings. The number of amides is 3. The van der Waals surface area contributed by atoms with Crippen LogP contribution in [0.1, 0.15) is 150 Å². The molecule has 3 rings (SSSR count). The molecule has 0 fully saturated rings. The third-order valence-corrected chi connectivity index (χ3v) is 10.8. The van der Waals surface area contributed by atoms with Crippen molar-refractivity contribution in [1.29, 1.82) is 0 Å². The number of unbranched alkanes of at least 4 members (excludes halogenated alkanes) is 3. The molecular weight excluding hydrogens is 773 g/mol. The Morgan fingerprint density at radius 1 is 0.517 bits per heavy atom. The summed E-state index contributed by atoms with van der Waals surface area (Å²) in [4.78, 5) is 40.5. The van der Waals surface area contributed by atoms with Crippen LogP contribution in [0, 0.1) is 17.8 Å². The molecule has 0 aliphatic rings. The van der Waals surface area contributed by atoms with Gasteiger partial charge in [-0.3, -0.25) is 14.4 Å². The first-order chi connectivity index (χ1) is 29.1. The van der Waals surface area contributed by atoms with Crippen molar-refractivity contribution < 1.29 is 28.6 Å². The average molecular weight is 838 g/mol. The maximum absolute atomic E-state index is 13.6.